The fourth-order valence-electron chi connectivity index (χ4n) is 6.07. The molecule has 0 spiro atoms. The largest absolute Gasteiger partial charge is 0.361 e. The number of rotatable bonds is 22. The monoisotopic (exact) mass is 574 g/mol. The summed E-state index contributed by atoms with van der Waals surface area (Å²) in [5.41, 5.74) is 2.66. The fourth-order valence-corrected chi connectivity index (χ4v) is 6.07. The molecule has 230 valence electrons. The molecule has 0 fully saturated rings. The SMILES string of the molecule is CCCCCCCCC(CCCOC(c1ccccc1)(c1ccccc1)c1ccccc1)C(OCC)(OCC)OCC. The molecule has 0 aliphatic heterocycles. The Bertz CT molecular complexity index is 956. The molecule has 0 saturated heterocycles. The van der Waals surface area contributed by atoms with Gasteiger partial charge in [0.15, 0.2) is 0 Å². The molecule has 0 aliphatic carbocycles. The molecule has 0 bridgehead atoms. The van der Waals surface area contributed by atoms with Crippen molar-refractivity contribution in [3.8, 4) is 0 Å². The Morgan fingerprint density at radius 1 is 0.476 bits per heavy atom. The van der Waals surface area contributed by atoms with E-state index >= 15 is 0 Å². The summed E-state index contributed by atoms with van der Waals surface area (Å²) in [7, 11) is 0. The van der Waals surface area contributed by atoms with Gasteiger partial charge in [-0.05, 0) is 56.7 Å². The van der Waals surface area contributed by atoms with Crippen LogP contribution in [0.3, 0.4) is 0 Å². The Labute approximate surface area is 255 Å². The lowest BCUT2D eigenvalue weighted by Crippen LogP contribution is -2.47. The third kappa shape index (κ3) is 9.25. The number of ether oxygens (including phenoxy) is 4. The van der Waals surface area contributed by atoms with Crippen molar-refractivity contribution in [2.75, 3.05) is 26.4 Å². The Balaban J connectivity index is 1.85. The molecule has 3 rings (SSSR count). The second kappa shape index (κ2) is 18.9. The van der Waals surface area contributed by atoms with Crippen LogP contribution in [-0.4, -0.2) is 32.4 Å². The van der Waals surface area contributed by atoms with E-state index in [-0.39, 0.29) is 5.92 Å². The molecular formula is C38H54O4. The minimum atomic E-state index is -1.02. The molecule has 0 saturated carbocycles. The average molecular weight is 575 g/mol. The molecule has 0 amide bonds. The summed E-state index contributed by atoms with van der Waals surface area (Å²) in [6, 6.07) is 31.8. The number of hydrogen-bond donors (Lipinski definition) is 0. The van der Waals surface area contributed by atoms with Crippen LogP contribution in [0.15, 0.2) is 91.0 Å². The van der Waals surface area contributed by atoms with Crippen LogP contribution >= 0.6 is 0 Å². The Hall–Kier alpha value is -2.50. The molecule has 42 heavy (non-hydrogen) atoms. The van der Waals surface area contributed by atoms with Crippen LogP contribution in [0.5, 0.6) is 0 Å². The fraction of sp³-hybridized carbons (Fsp3) is 0.526. The van der Waals surface area contributed by atoms with Crippen LogP contribution in [0.2, 0.25) is 0 Å². The van der Waals surface area contributed by atoms with Crippen molar-refractivity contribution in [3.05, 3.63) is 108 Å². The summed E-state index contributed by atoms with van der Waals surface area (Å²) in [6.07, 6.45) is 10.3. The molecular weight excluding hydrogens is 520 g/mol. The second-order valence-electron chi connectivity index (χ2n) is 10.9. The lowest BCUT2D eigenvalue weighted by Gasteiger charge is -2.40. The van der Waals surface area contributed by atoms with Gasteiger partial charge in [0.1, 0.15) is 5.60 Å². The first-order valence-electron chi connectivity index (χ1n) is 16.4. The van der Waals surface area contributed by atoms with Crippen LogP contribution in [0.1, 0.15) is 102 Å². The van der Waals surface area contributed by atoms with E-state index in [9.17, 15) is 0 Å². The number of unbranched alkanes of at least 4 members (excludes halogenated alkanes) is 5. The summed E-state index contributed by atoms with van der Waals surface area (Å²) < 4.78 is 25.9. The Kier molecular flexibility index (Phi) is 15.3. The Morgan fingerprint density at radius 2 is 0.881 bits per heavy atom. The van der Waals surface area contributed by atoms with Gasteiger partial charge in [-0.2, -0.15) is 0 Å². The van der Waals surface area contributed by atoms with Gasteiger partial charge in [0.2, 0.25) is 0 Å². The third-order valence-electron chi connectivity index (χ3n) is 8.00. The van der Waals surface area contributed by atoms with Gasteiger partial charge in [-0.3, -0.25) is 0 Å². The van der Waals surface area contributed by atoms with E-state index in [2.05, 4.69) is 97.9 Å². The second-order valence-corrected chi connectivity index (χ2v) is 10.9. The summed E-state index contributed by atoms with van der Waals surface area (Å²) in [4.78, 5) is 0. The van der Waals surface area contributed by atoms with Crippen molar-refractivity contribution in [2.24, 2.45) is 5.92 Å². The standard InChI is InChI=1S/C38H54O4/c1-5-9-10-11-12-16-30-36(38(39-6-2,40-7-3)41-8-4)31-23-32-42-37(33-24-17-13-18-25-33,34-26-19-14-20-27-34)35-28-21-15-22-29-35/h13-15,17-22,24-29,36H,5-12,16,23,30-32H2,1-4H3. The first kappa shape index (κ1) is 34.0. The topological polar surface area (TPSA) is 36.9 Å². The first-order valence-corrected chi connectivity index (χ1v) is 16.4. The summed E-state index contributed by atoms with van der Waals surface area (Å²) in [5, 5.41) is 0. The molecule has 1 atom stereocenters. The van der Waals surface area contributed by atoms with Gasteiger partial charge in [-0.1, -0.05) is 136 Å². The number of hydrogen-bond acceptors (Lipinski definition) is 4. The van der Waals surface area contributed by atoms with Crippen molar-refractivity contribution >= 4 is 0 Å². The lowest BCUT2D eigenvalue weighted by molar-refractivity contribution is -0.403. The van der Waals surface area contributed by atoms with Gasteiger partial charge in [-0.15, -0.1) is 0 Å². The molecule has 1 unspecified atom stereocenters. The predicted molar refractivity (Wildman–Crippen MR) is 173 cm³/mol. The maximum atomic E-state index is 7.08. The molecule has 4 heteroatoms. The molecule has 0 aromatic heterocycles. The van der Waals surface area contributed by atoms with Gasteiger partial charge in [0.25, 0.3) is 5.97 Å². The molecule has 3 aromatic rings. The van der Waals surface area contributed by atoms with Crippen LogP contribution in [0.25, 0.3) is 0 Å². The maximum absolute atomic E-state index is 7.08. The van der Waals surface area contributed by atoms with Crippen molar-refractivity contribution in [3.63, 3.8) is 0 Å². The van der Waals surface area contributed by atoms with E-state index in [1.807, 2.05) is 20.8 Å². The summed E-state index contributed by atoms with van der Waals surface area (Å²) in [5.74, 6) is -0.900. The molecule has 3 aromatic carbocycles. The lowest BCUT2D eigenvalue weighted by atomic mass is 9.80. The first-order chi connectivity index (χ1) is 20.7. The van der Waals surface area contributed by atoms with Gasteiger partial charge < -0.3 is 18.9 Å². The predicted octanol–water partition coefficient (Wildman–Crippen LogP) is 9.91. The van der Waals surface area contributed by atoms with E-state index in [4.69, 9.17) is 18.9 Å². The molecule has 4 nitrogen and oxygen atoms in total. The number of benzene rings is 3. The van der Waals surface area contributed by atoms with Gasteiger partial charge in [-0.25, -0.2) is 0 Å². The van der Waals surface area contributed by atoms with Crippen molar-refractivity contribution < 1.29 is 18.9 Å². The molecule has 0 N–H and O–H groups in total. The van der Waals surface area contributed by atoms with E-state index in [1.165, 1.54) is 32.1 Å². The van der Waals surface area contributed by atoms with Crippen LogP contribution in [-0.2, 0) is 24.5 Å². The molecule has 0 heterocycles. The molecule has 0 radical (unpaired) electrons. The van der Waals surface area contributed by atoms with Crippen LogP contribution < -0.4 is 0 Å². The van der Waals surface area contributed by atoms with Gasteiger partial charge >= 0.3 is 0 Å². The third-order valence-corrected chi connectivity index (χ3v) is 8.00. The van der Waals surface area contributed by atoms with E-state index in [1.54, 1.807) is 0 Å². The molecule has 0 aliphatic rings. The van der Waals surface area contributed by atoms with Gasteiger partial charge in [0, 0.05) is 32.3 Å². The quantitative estimate of drug-likeness (QED) is 0.0680. The van der Waals surface area contributed by atoms with Gasteiger partial charge in [0.05, 0.1) is 0 Å². The maximum Gasteiger partial charge on any atom is 0.285 e. The van der Waals surface area contributed by atoms with E-state index < -0.39 is 11.6 Å². The van der Waals surface area contributed by atoms with Crippen molar-refractivity contribution in [2.45, 2.75) is 97.1 Å². The zero-order valence-electron chi connectivity index (χ0n) is 26.6. The highest BCUT2D eigenvalue weighted by Gasteiger charge is 2.42. The van der Waals surface area contributed by atoms with Crippen molar-refractivity contribution in [1.82, 2.24) is 0 Å². The summed E-state index contributed by atoms with van der Waals surface area (Å²) >= 11 is 0. The van der Waals surface area contributed by atoms with Crippen LogP contribution in [0.4, 0.5) is 0 Å². The highest BCUT2D eigenvalue weighted by atomic mass is 16.9. The Morgan fingerprint density at radius 3 is 1.31 bits per heavy atom. The normalized spacial score (nSPS) is 12.9. The zero-order chi connectivity index (χ0) is 29.9. The average Bonchev–Trinajstić information content (AvgIpc) is 3.03. The highest BCUT2D eigenvalue weighted by Crippen LogP contribution is 2.41. The summed E-state index contributed by atoms with van der Waals surface area (Å²) in [6.45, 7) is 10.5. The highest BCUT2D eigenvalue weighted by molar-refractivity contribution is 5.47. The van der Waals surface area contributed by atoms with E-state index in [0.29, 0.717) is 26.4 Å². The van der Waals surface area contributed by atoms with Crippen LogP contribution in [0, 0.1) is 5.92 Å². The smallest absolute Gasteiger partial charge is 0.285 e. The minimum absolute atomic E-state index is 0.117. The zero-order valence-corrected chi connectivity index (χ0v) is 26.6. The van der Waals surface area contributed by atoms with E-state index in [0.717, 1.165) is 42.4 Å². The minimum Gasteiger partial charge on any atom is -0.361 e. The van der Waals surface area contributed by atoms with Crippen molar-refractivity contribution in [1.29, 1.82) is 0 Å².